The number of hydrogen-bond acceptors (Lipinski definition) is 3. The van der Waals surface area contributed by atoms with E-state index in [1.54, 1.807) is 6.07 Å². The molecule has 16 heavy (non-hydrogen) atoms. The average Bonchev–Trinajstić information content (AvgIpc) is 2.24. The van der Waals surface area contributed by atoms with Gasteiger partial charge in [-0.1, -0.05) is 23.2 Å². The van der Waals surface area contributed by atoms with Gasteiger partial charge < -0.3 is 15.5 Å². The molecule has 1 rings (SSSR count). The van der Waals surface area contributed by atoms with Gasteiger partial charge in [0.1, 0.15) is 5.75 Å². The highest BCUT2D eigenvalue weighted by molar-refractivity contribution is 6.35. The van der Waals surface area contributed by atoms with Crippen molar-refractivity contribution in [1.82, 2.24) is 5.32 Å². The van der Waals surface area contributed by atoms with Crippen LogP contribution >= 0.6 is 23.2 Å². The van der Waals surface area contributed by atoms with Gasteiger partial charge in [-0.2, -0.15) is 0 Å². The lowest BCUT2D eigenvalue weighted by Crippen LogP contribution is -2.15. The summed E-state index contributed by atoms with van der Waals surface area (Å²) in [6.07, 6.45) is 1.67. The van der Waals surface area contributed by atoms with Crippen LogP contribution in [-0.2, 0) is 6.54 Å². The molecule has 0 aliphatic rings. The summed E-state index contributed by atoms with van der Waals surface area (Å²) >= 11 is 11.6. The third kappa shape index (κ3) is 4.18. The Labute approximate surface area is 105 Å². The predicted octanol–water partition coefficient (Wildman–Crippen LogP) is 2.56. The molecule has 0 fully saturated rings. The first-order valence-corrected chi connectivity index (χ1v) is 5.89. The van der Waals surface area contributed by atoms with Gasteiger partial charge in [0.15, 0.2) is 0 Å². The van der Waals surface area contributed by atoms with E-state index in [-0.39, 0.29) is 17.4 Å². The third-order valence-electron chi connectivity index (χ3n) is 2.18. The number of aliphatic hydroxyl groups is 1. The maximum Gasteiger partial charge on any atom is 0.138 e. The number of hydrogen-bond donors (Lipinski definition) is 3. The number of halogens is 2. The Morgan fingerprint density at radius 2 is 1.94 bits per heavy atom. The summed E-state index contributed by atoms with van der Waals surface area (Å²) in [7, 11) is 0. The summed E-state index contributed by atoms with van der Waals surface area (Å²) in [5.74, 6) is 0.0701. The van der Waals surface area contributed by atoms with Crippen LogP contribution in [0.4, 0.5) is 0 Å². The van der Waals surface area contributed by atoms with Gasteiger partial charge in [0.05, 0.1) is 5.02 Å². The van der Waals surface area contributed by atoms with E-state index < -0.39 is 0 Å². The Bertz CT molecular complexity index is 345. The molecule has 90 valence electrons. The Balaban J connectivity index is 2.47. The van der Waals surface area contributed by atoms with Gasteiger partial charge in [0.2, 0.25) is 0 Å². The summed E-state index contributed by atoms with van der Waals surface area (Å²) < 4.78 is 0. The molecule has 0 unspecified atom stereocenters. The molecular formula is C11H15Cl2NO2. The van der Waals surface area contributed by atoms with Gasteiger partial charge >= 0.3 is 0 Å². The van der Waals surface area contributed by atoms with Crippen molar-refractivity contribution in [2.75, 3.05) is 13.2 Å². The molecule has 3 nitrogen and oxygen atoms in total. The summed E-state index contributed by atoms with van der Waals surface area (Å²) in [4.78, 5) is 0. The second kappa shape index (κ2) is 6.97. The fourth-order valence-corrected chi connectivity index (χ4v) is 1.87. The molecule has 0 aliphatic heterocycles. The number of unbranched alkanes of at least 4 members (excludes halogenated alkanes) is 1. The van der Waals surface area contributed by atoms with E-state index >= 15 is 0 Å². The molecule has 0 aliphatic carbocycles. The van der Waals surface area contributed by atoms with E-state index in [2.05, 4.69) is 5.32 Å². The van der Waals surface area contributed by atoms with Crippen molar-refractivity contribution < 1.29 is 10.2 Å². The lowest BCUT2D eigenvalue weighted by atomic mass is 10.2. The second-order valence-electron chi connectivity index (χ2n) is 3.50. The van der Waals surface area contributed by atoms with Crippen LogP contribution in [0.2, 0.25) is 10.0 Å². The van der Waals surface area contributed by atoms with Crippen LogP contribution in [0.3, 0.4) is 0 Å². The first-order valence-electron chi connectivity index (χ1n) is 5.13. The van der Waals surface area contributed by atoms with Crippen molar-refractivity contribution in [1.29, 1.82) is 0 Å². The van der Waals surface area contributed by atoms with Crippen molar-refractivity contribution in [2.45, 2.75) is 19.4 Å². The second-order valence-corrected chi connectivity index (χ2v) is 4.35. The van der Waals surface area contributed by atoms with Crippen LogP contribution in [0.1, 0.15) is 18.4 Å². The monoisotopic (exact) mass is 263 g/mol. The number of phenols is 1. The fourth-order valence-electron chi connectivity index (χ4n) is 1.34. The van der Waals surface area contributed by atoms with Crippen LogP contribution in [0.15, 0.2) is 12.1 Å². The lowest BCUT2D eigenvalue weighted by molar-refractivity contribution is 0.283. The Hall–Kier alpha value is -0.480. The maximum atomic E-state index is 9.65. The molecule has 3 N–H and O–H groups in total. The molecule has 0 saturated heterocycles. The van der Waals surface area contributed by atoms with Crippen molar-refractivity contribution in [2.24, 2.45) is 0 Å². The van der Waals surface area contributed by atoms with Gasteiger partial charge in [-0.05, 0) is 31.5 Å². The molecular weight excluding hydrogens is 249 g/mol. The van der Waals surface area contributed by atoms with Crippen LogP contribution in [0, 0.1) is 0 Å². The minimum atomic E-state index is 0.0701. The fraction of sp³-hybridized carbons (Fsp3) is 0.455. The first-order chi connectivity index (χ1) is 7.65. The van der Waals surface area contributed by atoms with E-state index in [0.717, 1.165) is 19.4 Å². The Morgan fingerprint density at radius 3 is 2.62 bits per heavy atom. The van der Waals surface area contributed by atoms with Crippen molar-refractivity contribution in [3.8, 4) is 5.75 Å². The molecule has 5 heteroatoms. The van der Waals surface area contributed by atoms with Crippen molar-refractivity contribution >= 4 is 23.2 Å². The molecule has 0 spiro atoms. The van der Waals surface area contributed by atoms with Crippen molar-refractivity contribution in [3.63, 3.8) is 0 Å². The van der Waals surface area contributed by atoms with E-state index in [1.165, 1.54) is 6.07 Å². The minimum absolute atomic E-state index is 0.0701. The van der Waals surface area contributed by atoms with E-state index in [0.29, 0.717) is 17.1 Å². The number of aliphatic hydroxyl groups excluding tert-OH is 1. The van der Waals surface area contributed by atoms with Gasteiger partial charge in [-0.25, -0.2) is 0 Å². The van der Waals surface area contributed by atoms with Gasteiger partial charge in [0.25, 0.3) is 0 Å². The van der Waals surface area contributed by atoms with E-state index in [4.69, 9.17) is 28.3 Å². The zero-order valence-corrected chi connectivity index (χ0v) is 10.4. The number of aromatic hydroxyl groups is 1. The highest BCUT2D eigenvalue weighted by Gasteiger charge is 2.07. The molecule has 0 amide bonds. The van der Waals surface area contributed by atoms with Gasteiger partial charge in [0, 0.05) is 23.7 Å². The molecule has 0 aromatic heterocycles. The largest absolute Gasteiger partial charge is 0.506 e. The third-order valence-corrected chi connectivity index (χ3v) is 2.69. The quantitative estimate of drug-likeness (QED) is 0.692. The summed E-state index contributed by atoms with van der Waals surface area (Å²) in [5.41, 5.74) is 0.682. The summed E-state index contributed by atoms with van der Waals surface area (Å²) in [6.45, 7) is 1.50. The van der Waals surface area contributed by atoms with Crippen molar-refractivity contribution in [3.05, 3.63) is 27.7 Å². The first kappa shape index (κ1) is 13.6. The smallest absolute Gasteiger partial charge is 0.138 e. The molecule has 1 aromatic carbocycles. The lowest BCUT2D eigenvalue weighted by Gasteiger charge is -2.08. The number of nitrogens with one attached hydrogen (secondary N) is 1. The maximum absolute atomic E-state index is 9.65. The molecule has 0 bridgehead atoms. The zero-order chi connectivity index (χ0) is 12.0. The molecule has 0 radical (unpaired) electrons. The Morgan fingerprint density at radius 1 is 1.19 bits per heavy atom. The van der Waals surface area contributed by atoms with Crippen LogP contribution < -0.4 is 5.32 Å². The van der Waals surface area contributed by atoms with E-state index in [9.17, 15) is 5.11 Å². The number of phenolic OH excluding ortho intramolecular Hbond substituents is 1. The topological polar surface area (TPSA) is 52.5 Å². The minimum Gasteiger partial charge on any atom is -0.506 e. The predicted molar refractivity (Wildman–Crippen MR) is 66.2 cm³/mol. The molecule has 0 saturated carbocycles. The molecule has 0 atom stereocenters. The molecule has 0 heterocycles. The van der Waals surface area contributed by atoms with Gasteiger partial charge in [-0.15, -0.1) is 0 Å². The highest BCUT2D eigenvalue weighted by Crippen LogP contribution is 2.30. The van der Waals surface area contributed by atoms with Crippen LogP contribution in [0.25, 0.3) is 0 Å². The number of benzene rings is 1. The average molecular weight is 264 g/mol. The summed E-state index contributed by atoms with van der Waals surface area (Å²) in [6, 6.07) is 3.19. The Kier molecular flexibility index (Phi) is 5.91. The highest BCUT2D eigenvalue weighted by atomic mass is 35.5. The SMILES string of the molecule is OCCCCNCc1cc(Cl)cc(Cl)c1O. The van der Waals surface area contributed by atoms with Gasteiger partial charge in [-0.3, -0.25) is 0 Å². The van der Waals surface area contributed by atoms with Crippen LogP contribution in [-0.4, -0.2) is 23.4 Å². The number of rotatable bonds is 6. The normalized spacial score (nSPS) is 10.7. The standard InChI is InChI=1S/C11H15Cl2NO2/c12-9-5-8(11(16)10(13)6-9)7-14-3-1-2-4-15/h5-6,14-16H,1-4,7H2. The van der Waals surface area contributed by atoms with Crippen LogP contribution in [0.5, 0.6) is 5.75 Å². The summed E-state index contributed by atoms with van der Waals surface area (Å²) in [5, 5.41) is 22.2. The van der Waals surface area contributed by atoms with E-state index in [1.807, 2.05) is 0 Å². The molecule has 1 aromatic rings. The zero-order valence-electron chi connectivity index (χ0n) is 8.84.